The molecule has 136 valence electrons. The summed E-state index contributed by atoms with van der Waals surface area (Å²) in [7, 11) is 2.06. The van der Waals surface area contributed by atoms with E-state index in [1.54, 1.807) is 12.1 Å². The molecule has 3 nitrogen and oxygen atoms in total. The smallest absolute Gasteiger partial charge is 0.323 e. The second-order valence-electron chi connectivity index (χ2n) is 7.01. The Morgan fingerprint density at radius 2 is 1.50 bits per heavy atom. The number of esters is 1. The highest BCUT2D eigenvalue weighted by atomic mass is 16.5. The minimum Gasteiger partial charge on any atom is -0.426 e. The Balaban J connectivity index is 1.70. The topological polar surface area (TPSA) is 29.5 Å². The van der Waals surface area contributed by atoms with E-state index < -0.39 is 5.92 Å². The van der Waals surface area contributed by atoms with E-state index in [0.29, 0.717) is 5.75 Å². The molecular weight excluding hydrogens is 346 g/mol. The first kappa shape index (κ1) is 16.6. The molecule has 0 fully saturated rings. The summed E-state index contributed by atoms with van der Waals surface area (Å²) in [4.78, 5) is 15.5. The van der Waals surface area contributed by atoms with Gasteiger partial charge in [0.15, 0.2) is 0 Å². The molecule has 0 amide bonds. The fourth-order valence-corrected chi connectivity index (χ4v) is 4.12. The van der Waals surface area contributed by atoms with E-state index in [9.17, 15) is 4.79 Å². The van der Waals surface area contributed by atoms with Crippen LogP contribution in [0.25, 0.3) is 10.8 Å². The van der Waals surface area contributed by atoms with Gasteiger partial charge in [0, 0.05) is 18.1 Å². The first-order valence-corrected chi connectivity index (χ1v) is 9.35. The summed E-state index contributed by atoms with van der Waals surface area (Å²) in [5.74, 6) is -0.165. The largest absolute Gasteiger partial charge is 0.426 e. The van der Waals surface area contributed by atoms with Crippen molar-refractivity contribution in [2.24, 2.45) is 0 Å². The predicted octanol–water partition coefficient (Wildman–Crippen LogP) is 5.66. The third-order valence-electron chi connectivity index (χ3n) is 5.38. The van der Waals surface area contributed by atoms with Gasteiger partial charge in [-0.25, -0.2) is 0 Å². The molecule has 0 aromatic heterocycles. The van der Waals surface area contributed by atoms with Crippen LogP contribution in [-0.4, -0.2) is 13.0 Å². The Morgan fingerprint density at radius 3 is 2.36 bits per heavy atom. The Kier molecular flexibility index (Phi) is 3.87. The van der Waals surface area contributed by atoms with Crippen molar-refractivity contribution in [3.8, 4) is 5.75 Å². The lowest BCUT2D eigenvalue weighted by Gasteiger charge is -2.35. The Bertz CT molecular complexity index is 1180. The average molecular weight is 365 g/mol. The van der Waals surface area contributed by atoms with Crippen molar-refractivity contribution >= 4 is 28.1 Å². The number of anilines is 2. The molecule has 0 saturated carbocycles. The van der Waals surface area contributed by atoms with Gasteiger partial charge in [-0.3, -0.25) is 4.79 Å². The van der Waals surface area contributed by atoms with Gasteiger partial charge >= 0.3 is 5.97 Å². The fraction of sp³-hybridized carbons (Fsp3) is 0.0800. The highest BCUT2D eigenvalue weighted by Crippen LogP contribution is 2.48. The zero-order chi connectivity index (χ0) is 19.1. The van der Waals surface area contributed by atoms with Crippen molar-refractivity contribution in [2.45, 2.75) is 5.92 Å². The van der Waals surface area contributed by atoms with E-state index in [4.69, 9.17) is 4.74 Å². The highest BCUT2D eigenvalue weighted by Gasteiger charge is 2.35. The second kappa shape index (κ2) is 6.54. The number of benzene rings is 4. The molecule has 0 radical (unpaired) electrons. The predicted molar refractivity (Wildman–Crippen MR) is 112 cm³/mol. The lowest BCUT2D eigenvalue weighted by Crippen LogP contribution is -2.28. The Morgan fingerprint density at radius 1 is 0.786 bits per heavy atom. The molecule has 0 bridgehead atoms. The molecule has 1 aliphatic rings. The van der Waals surface area contributed by atoms with Crippen molar-refractivity contribution in [2.75, 3.05) is 11.9 Å². The van der Waals surface area contributed by atoms with Crippen LogP contribution in [0.4, 0.5) is 11.4 Å². The molecule has 1 aliphatic heterocycles. The van der Waals surface area contributed by atoms with Crippen LogP contribution < -0.4 is 9.64 Å². The third-order valence-corrected chi connectivity index (χ3v) is 5.38. The van der Waals surface area contributed by atoms with E-state index in [2.05, 4.69) is 42.3 Å². The molecule has 3 heteroatoms. The van der Waals surface area contributed by atoms with Gasteiger partial charge in [0.25, 0.3) is 0 Å². The van der Waals surface area contributed by atoms with Crippen molar-refractivity contribution in [3.05, 3.63) is 102 Å². The number of carbonyl (C=O) groups excluding carboxylic acids is 1. The lowest BCUT2D eigenvalue weighted by atomic mass is 9.83. The first-order chi connectivity index (χ1) is 13.7. The SMILES string of the molecule is CN1c2ccccc2C(C(=O)Oc2ccccc2)c2ccc3ccccc3c21. The van der Waals surface area contributed by atoms with Gasteiger partial charge < -0.3 is 9.64 Å². The molecule has 28 heavy (non-hydrogen) atoms. The molecule has 5 rings (SSSR count). The zero-order valence-corrected chi connectivity index (χ0v) is 15.5. The second-order valence-corrected chi connectivity index (χ2v) is 7.01. The molecule has 1 atom stereocenters. The number of para-hydroxylation sites is 2. The van der Waals surface area contributed by atoms with Crippen LogP contribution in [-0.2, 0) is 4.79 Å². The summed E-state index contributed by atoms with van der Waals surface area (Å²) in [5, 5.41) is 2.29. The Labute approximate surface area is 163 Å². The summed E-state index contributed by atoms with van der Waals surface area (Å²) in [5.41, 5.74) is 4.03. The molecule has 0 spiro atoms. The van der Waals surface area contributed by atoms with E-state index in [1.807, 2.05) is 48.5 Å². The number of ether oxygens (including phenoxy) is 1. The molecule has 0 aliphatic carbocycles. The van der Waals surface area contributed by atoms with Gasteiger partial charge in [-0.15, -0.1) is 0 Å². The van der Waals surface area contributed by atoms with Crippen molar-refractivity contribution in [1.29, 1.82) is 0 Å². The third kappa shape index (κ3) is 2.55. The highest BCUT2D eigenvalue weighted by molar-refractivity contribution is 6.03. The molecular formula is C25H19NO2. The maximum absolute atomic E-state index is 13.3. The Hall–Kier alpha value is -3.59. The van der Waals surface area contributed by atoms with Crippen LogP contribution in [0.3, 0.4) is 0 Å². The standard InChI is InChI=1S/C25H19NO2/c1-26-22-14-8-7-13-20(22)23(25(27)28-18-10-3-2-4-11-18)21-16-15-17-9-5-6-12-19(17)24(21)26/h2-16,23H,1H3. The average Bonchev–Trinajstić information content (AvgIpc) is 2.74. The van der Waals surface area contributed by atoms with E-state index in [-0.39, 0.29) is 5.97 Å². The molecule has 0 N–H and O–H groups in total. The number of nitrogens with zero attached hydrogens (tertiary/aromatic N) is 1. The first-order valence-electron chi connectivity index (χ1n) is 9.35. The number of hydrogen-bond acceptors (Lipinski definition) is 3. The molecule has 1 unspecified atom stereocenters. The zero-order valence-electron chi connectivity index (χ0n) is 15.5. The normalized spacial score (nSPS) is 15.0. The number of rotatable bonds is 2. The van der Waals surface area contributed by atoms with E-state index >= 15 is 0 Å². The van der Waals surface area contributed by atoms with E-state index in [1.165, 1.54) is 0 Å². The van der Waals surface area contributed by atoms with Gasteiger partial charge in [-0.05, 0) is 34.7 Å². The maximum atomic E-state index is 13.3. The van der Waals surface area contributed by atoms with Gasteiger partial charge in [0.1, 0.15) is 11.7 Å². The molecule has 4 aromatic rings. The van der Waals surface area contributed by atoms with Crippen LogP contribution in [0.5, 0.6) is 5.75 Å². The fourth-order valence-electron chi connectivity index (χ4n) is 4.12. The van der Waals surface area contributed by atoms with Crippen LogP contribution in [0.1, 0.15) is 17.0 Å². The van der Waals surface area contributed by atoms with Crippen molar-refractivity contribution < 1.29 is 9.53 Å². The summed E-state index contributed by atoms with van der Waals surface area (Å²) in [6.45, 7) is 0. The summed E-state index contributed by atoms with van der Waals surface area (Å²) in [6.07, 6.45) is 0. The minimum atomic E-state index is -0.466. The maximum Gasteiger partial charge on any atom is 0.323 e. The van der Waals surface area contributed by atoms with Crippen LogP contribution in [0.2, 0.25) is 0 Å². The number of carbonyl (C=O) groups is 1. The van der Waals surface area contributed by atoms with Gasteiger partial charge in [-0.2, -0.15) is 0 Å². The molecule has 1 heterocycles. The van der Waals surface area contributed by atoms with Crippen LogP contribution in [0, 0.1) is 0 Å². The molecule has 0 saturated heterocycles. The summed E-state index contributed by atoms with van der Waals surface area (Å²) >= 11 is 0. The molecule has 4 aromatic carbocycles. The van der Waals surface area contributed by atoms with Crippen molar-refractivity contribution in [3.63, 3.8) is 0 Å². The van der Waals surface area contributed by atoms with Crippen LogP contribution >= 0.6 is 0 Å². The summed E-state index contributed by atoms with van der Waals surface area (Å²) < 4.78 is 5.76. The van der Waals surface area contributed by atoms with E-state index in [0.717, 1.165) is 33.3 Å². The summed E-state index contributed by atoms with van der Waals surface area (Å²) in [6, 6.07) is 29.7. The number of fused-ring (bicyclic) bond motifs is 4. The van der Waals surface area contributed by atoms with Crippen molar-refractivity contribution in [1.82, 2.24) is 0 Å². The van der Waals surface area contributed by atoms with Gasteiger partial charge in [0.2, 0.25) is 0 Å². The van der Waals surface area contributed by atoms with Gasteiger partial charge in [0.05, 0.1) is 5.69 Å². The quantitative estimate of drug-likeness (QED) is 0.339. The lowest BCUT2D eigenvalue weighted by molar-refractivity contribution is -0.135. The number of hydrogen-bond donors (Lipinski definition) is 0. The van der Waals surface area contributed by atoms with Crippen LogP contribution in [0.15, 0.2) is 91.0 Å². The van der Waals surface area contributed by atoms with Gasteiger partial charge in [-0.1, -0.05) is 72.8 Å². The monoisotopic (exact) mass is 365 g/mol. The minimum absolute atomic E-state index is 0.261.